The highest BCUT2D eigenvalue weighted by atomic mass is 16.1. The summed E-state index contributed by atoms with van der Waals surface area (Å²) in [5, 5.41) is 6.20. The standard InChI is InChI=1S/C10H20N2O/c1-4-7(2)12-10(13)8(3)9-5-11-6-9/h7-9,11H,4-6H2,1-3H3,(H,12,13). The average molecular weight is 184 g/mol. The molecule has 1 heterocycles. The molecule has 2 unspecified atom stereocenters. The van der Waals surface area contributed by atoms with Crippen LogP contribution in [0.25, 0.3) is 0 Å². The molecule has 2 atom stereocenters. The van der Waals surface area contributed by atoms with E-state index in [9.17, 15) is 4.79 Å². The zero-order valence-electron chi connectivity index (χ0n) is 8.76. The van der Waals surface area contributed by atoms with Crippen molar-refractivity contribution in [3.63, 3.8) is 0 Å². The second-order valence-electron chi connectivity index (χ2n) is 4.02. The Bertz CT molecular complexity index is 178. The van der Waals surface area contributed by atoms with Crippen LogP contribution in [0.4, 0.5) is 0 Å². The van der Waals surface area contributed by atoms with Gasteiger partial charge in [0.25, 0.3) is 0 Å². The molecule has 3 heteroatoms. The highest BCUT2D eigenvalue weighted by Crippen LogP contribution is 2.15. The number of rotatable bonds is 4. The van der Waals surface area contributed by atoms with Gasteiger partial charge >= 0.3 is 0 Å². The van der Waals surface area contributed by atoms with Gasteiger partial charge in [0.1, 0.15) is 0 Å². The van der Waals surface area contributed by atoms with Gasteiger partial charge in [0.15, 0.2) is 0 Å². The van der Waals surface area contributed by atoms with E-state index >= 15 is 0 Å². The van der Waals surface area contributed by atoms with E-state index in [-0.39, 0.29) is 11.8 Å². The van der Waals surface area contributed by atoms with Crippen LogP contribution in [0.1, 0.15) is 27.2 Å². The molecule has 1 rings (SSSR count). The first-order valence-electron chi connectivity index (χ1n) is 5.16. The van der Waals surface area contributed by atoms with Crippen LogP contribution in [0.3, 0.4) is 0 Å². The third kappa shape index (κ3) is 2.69. The fraction of sp³-hybridized carbons (Fsp3) is 0.900. The minimum atomic E-state index is 0.162. The first-order chi connectivity index (χ1) is 6.15. The summed E-state index contributed by atoms with van der Waals surface area (Å²) in [6.45, 7) is 8.14. The molecule has 0 spiro atoms. The van der Waals surface area contributed by atoms with E-state index in [4.69, 9.17) is 0 Å². The lowest BCUT2D eigenvalue weighted by Gasteiger charge is -2.32. The SMILES string of the molecule is CCC(C)NC(=O)C(C)C1CNC1. The molecule has 0 saturated carbocycles. The Morgan fingerprint density at radius 1 is 1.54 bits per heavy atom. The minimum Gasteiger partial charge on any atom is -0.353 e. The van der Waals surface area contributed by atoms with E-state index in [0.29, 0.717) is 12.0 Å². The molecule has 3 nitrogen and oxygen atoms in total. The van der Waals surface area contributed by atoms with E-state index in [1.807, 2.05) is 13.8 Å². The minimum absolute atomic E-state index is 0.162. The molecular formula is C10H20N2O. The van der Waals surface area contributed by atoms with Crippen molar-refractivity contribution in [1.29, 1.82) is 0 Å². The van der Waals surface area contributed by atoms with Gasteiger partial charge in [0.2, 0.25) is 5.91 Å². The van der Waals surface area contributed by atoms with E-state index < -0.39 is 0 Å². The van der Waals surface area contributed by atoms with Gasteiger partial charge in [0.05, 0.1) is 0 Å². The van der Waals surface area contributed by atoms with Gasteiger partial charge in [-0.2, -0.15) is 0 Å². The number of hydrogen-bond acceptors (Lipinski definition) is 2. The highest BCUT2D eigenvalue weighted by molar-refractivity contribution is 5.79. The van der Waals surface area contributed by atoms with Crippen molar-refractivity contribution in [2.24, 2.45) is 11.8 Å². The van der Waals surface area contributed by atoms with E-state index in [1.54, 1.807) is 0 Å². The molecule has 1 amide bonds. The third-order valence-corrected chi connectivity index (χ3v) is 2.93. The summed E-state index contributed by atoms with van der Waals surface area (Å²) in [5.74, 6) is 0.917. The van der Waals surface area contributed by atoms with Crippen LogP contribution in [0.5, 0.6) is 0 Å². The maximum absolute atomic E-state index is 11.6. The van der Waals surface area contributed by atoms with Crippen LogP contribution >= 0.6 is 0 Å². The highest BCUT2D eigenvalue weighted by Gasteiger charge is 2.28. The van der Waals surface area contributed by atoms with Gasteiger partial charge < -0.3 is 10.6 Å². The number of amides is 1. The summed E-state index contributed by atoms with van der Waals surface area (Å²) in [7, 11) is 0. The molecule has 1 saturated heterocycles. The largest absolute Gasteiger partial charge is 0.353 e. The summed E-state index contributed by atoms with van der Waals surface area (Å²) < 4.78 is 0. The molecule has 13 heavy (non-hydrogen) atoms. The lowest BCUT2D eigenvalue weighted by atomic mass is 9.88. The van der Waals surface area contributed by atoms with Crippen LogP contribution in [0.15, 0.2) is 0 Å². The zero-order valence-corrected chi connectivity index (χ0v) is 8.76. The van der Waals surface area contributed by atoms with Crippen LogP contribution in [-0.4, -0.2) is 25.0 Å². The molecule has 0 radical (unpaired) electrons. The molecule has 0 aromatic carbocycles. The summed E-state index contributed by atoms with van der Waals surface area (Å²) in [6, 6.07) is 0.308. The van der Waals surface area contributed by atoms with Crippen molar-refractivity contribution in [3.8, 4) is 0 Å². The van der Waals surface area contributed by atoms with E-state index in [2.05, 4.69) is 17.6 Å². The summed E-state index contributed by atoms with van der Waals surface area (Å²) in [5.41, 5.74) is 0. The normalized spacial score (nSPS) is 21.8. The lowest BCUT2D eigenvalue weighted by Crippen LogP contribution is -2.50. The fourth-order valence-electron chi connectivity index (χ4n) is 1.35. The molecule has 2 N–H and O–H groups in total. The first kappa shape index (κ1) is 10.5. The fourth-order valence-corrected chi connectivity index (χ4v) is 1.35. The van der Waals surface area contributed by atoms with Crippen molar-refractivity contribution < 1.29 is 4.79 Å². The predicted octanol–water partition coefficient (Wildman–Crippen LogP) is 0.757. The van der Waals surface area contributed by atoms with Gasteiger partial charge in [-0.15, -0.1) is 0 Å². The lowest BCUT2D eigenvalue weighted by molar-refractivity contribution is -0.127. The Hall–Kier alpha value is -0.570. The Labute approximate surface area is 80.3 Å². The van der Waals surface area contributed by atoms with Gasteiger partial charge in [-0.05, 0) is 32.4 Å². The number of nitrogens with one attached hydrogen (secondary N) is 2. The Balaban J connectivity index is 2.28. The van der Waals surface area contributed by atoms with Crippen LogP contribution in [0.2, 0.25) is 0 Å². The van der Waals surface area contributed by atoms with Crippen molar-refractivity contribution in [2.75, 3.05) is 13.1 Å². The van der Waals surface area contributed by atoms with Gasteiger partial charge in [0, 0.05) is 12.0 Å². The summed E-state index contributed by atoms with van der Waals surface area (Å²) in [6.07, 6.45) is 1.00. The molecule has 0 bridgehead atoms. The maximum Gasteiger partial charge on any atom is 0.223 e. The number of carbonyl (C=O) groups is 1. The topological polar surface area (TPSA) is 41.1 Å². The second kappa shape index (κ2) is 4.61. The van der Waals surface area contributed by atoms with E-state index in [1.165, 1.54) is 0 Å². The molecule has 1 aliphatic heterocycles. The third-order valence-electron chi connectivity index (χ3n) is 2.93. The van der Waals surface area contributed by atoms with E-state index in [0.717, 1.165) is 19.5 Å². The predicted molar refractivity (Wildman–Crippen MR) is 53.4 cm³/mol. The van der Waals surface area contributed by atoms with Crippen molar-refractivity contribution in [3.05, 3.63) is 0 Å². The molecule has 0 aliphatic carbocycles. The maximum atomic E-state index is 11.6. The zero-order chi connectivity index (χ0) is 9.84. The van der Waals surface area contributed by atoms with Gasteiger partial charge in [-0.25, -0.2) is 0 Å². The molecule has 1 fully saturated rings. The van der Waals surface area contributed by atoms with Crippen LogP contribution < -0.4 is 10.6 Å². The molecule has 1 aliphatic rings. The Morgan fingerprint density at radius 3 is 2.54 bits per heavy atom. The molecule has 76 valence electrons. The molecular weight excluding hydrogens is 164 g/mol. The summed E-state index contributed by atoms with van der Waals surface area (Å²) in [4.78, 5) is 11.6. The van der Waals surface area contributed by atoms with Crippen molar-refractivity contribution in [2.45, 2.75) is 33.2 Å². The number of hydrogen-bond donors (Lipinski definition) is 2. The summed E-state index contributed by atoms with van der Waals surface area (Å²) >= 11 is 0. The molecule has 0 aromatic rings. The second-order valence-corrected chi connectivity index (χ2v) is 4.02. The quantitative estimate of drug-likeness (QED) is 0.677. The van der Waals surface area contributed by atoms with Crippen molar-refractivity contribution >= 4 is 5.91 Å². The average Bonchev–Trinajstić information content (AvgIpc) is 2.00. The van der Waals surface area contributed by atoms with Crippen molar-refractivity contribution in [1.82, 2.24) is 10.6 Å². The smallest absolute Gasteiger partial charge is 0.223 e. The van der Waals surface area contributed by atoms with Gasteiger partial charge in [-0.3, -0.25) is 4.79 Å². The number of carbonyl (C=O) groups excluding carboxylic acids is 1. The van der Waals surface area contributed by atoms with Gasteiger partial charge in [-0.1, -0.05) is 13.8 Å². The Kier molecular flexibility index (Phi) is 3.72. The monoisotopic (exact) mass is 184 g/mol. The molecule has 0 aromatic heterocycles. The van der Waals surface area contributed by atoms with Crippen LogP contribution in [-0.2, 0) is 4.79 Å². The van der Waals surface area contributed by atoms with Crippen LogP contribution in [0, 0.1) is 11.8 Å². The Morgan fingerprint density at radius 2 is 2.15 bits per heavy atom. The first-order valence-corrected chi connectivity index (χ1v) is 5.16.